The average molecular weight is 207 g/mol. The molecule has 1 fully saturated rings. The van der Waals surface area contributed by atoms with E-state index in [9.17, 15) is 9.59 Å². The lowest BCUT2D eigenvalue weighted by Gasteiger charge is -2.18. The number of carbonyl (C=O) groups is 2. The van der Waals surface area contributed by atoms with Crippen molar-refractivity contribution in [2.75, 3.05) is 0 Å². The molecule has 0 aromatic carbocycles. The minimum atomic E-state index is -0.765. The molecule has 1 aromatic heterocycles. The maximum Gasteiger partial charge on any atom is 0.237 e. The Balaban J connectivity index is 2.50. The Morgan fingerprint density at radius 3 is 2.47 bits per heavy atom. The topological polar surface area (TPSA) is 59.3 Å². The van der Waals surface area contributed by atoms with Crippen molar-refractivity contribution in [2.45, 2.75) is 32.6 Å². The molecule has 1 aliphatic rings. The van der Waals surface area contributed by atoms with Crippen LogP contribution in [0.1, 0.15) is 30.4 Å². The Hall–Kier alpha value is -1.58. The highest BCUT2D eigenvalue weighted by atomic mass is 16.3. The van der Waals surface area contributed by atoms with Gasteiger partial charge in [-0.1, -0.05) is 0 Å². The third-order valence-electron chi connectivity index (χ3n) is 2.90. The van der Waals surface area contributed by atoms with Gasteiger partial charge in [0.15, 0.2) is 0 Å². The van der Waals surface area contributed by atoms with Crippen molar-refractivity contribution in [2.24, 2.45) is 0 Å². The van der Waals surface area contributed by atoms with Gasteiger partial charge in [-0.2, -0.15) is 0 Å². The molecule has 4 nitrogen and oxygen atoms in total. The first-order chi connectivity index (χ1) is 6.93. The van der Waals surface area contributed by atoms with E-state index in [1.807, 2.05) is 19.9 Å². The molecular formula is C11H13NO3. The highest BCUT2D eigenvalue weighted by Crippen LogP contribution is 2.35. The van der Waals surface area contributed by atoms with E-state index in [0.29, 0.717) is 5.76 Å². The molecule has 4 heteroatoms. The van der Waals surface area contributed by atoms with Crippen LogP contribution < -0.4 is 5.32 Å². The van der Waals surface area contributed by atoms with Crippen LogP contribution in [-0.4, -0.2) is 11.8 Å². The SMILES string of the molecule is Cc1cc(C2(C)CC(=O)NC2=O)c(C)o1. The fourth-order valence-corrected chi connectivity index (χ4v) is 2.11. The summed E-state index contributed by atoms with van der Waals surface area (Å²) in [5.41, 5.74) is 0.0437. The zero-order valence-corrected chi connectivity index (χ0v) is 9.01. The summed E-state index contributed by atoms with van der Waals surface area (Å²) in [5, 5.41) is 2.32. The van der Waals surface area contributed by atoms with Crippen molar-refractivity contribution in [3.05, 3.63) is 23.2 Å². The quantitative estimate of drug-likeness (QED) is 0.704. The maximum absolute atomic E-state index is 11.7. The number of imide groups is 1. The van der Waals surface area contributed by atoms with Crippen LogP contribution in [0.5, 0.6) is 0 Å². The van der Waals surface area contributed by atoms with Crippen molar-refractivity contribution >= 4 is 11.8 Å². The number of amides is 2. The van der Waals surface area contributed by atoms with Gasteiger partial charge in [-0.05, 0) is 26.8 Å². The largest absolute Gasteiger partial charge is 0.466 e. The van der Waals surface area contributed by atoms with E-state index in [1.54, 1.807) is 6.92 Å². The van der Waals surface area contributed by atoms with Gasteiger partial charge < -0.3 is 4.42 Å². The molecule has 2 rings (SSSR count). The fraction of sp³-hybridized carbons (Fsp3) is 0.455. The number of nitrogens with one attached hydrogen (secondary N) is 1. The van der Waals surface area contributed by atoms with E-state index >= 15 is 0 Å². The zero-order chi connectivity index (χ0) is 11.2. The summed E-state index contributed by atoms with van der Waals surface area (Å²) in [6.45, 7) is 5.41. The van der Waals surface area contributed by atoms with E-state index in [4.69, 9.17) is 4.42 Å². The van der Waals surface area contributed by atoms with E-state index in [0.717, 1.165) is 11.3 Å². The Morgan fingerprint density at radius 2 is 2.07 bits per heavy atom. The zero-order valence-electron chi connectivity index (χ0n) is 9.01. The molecule has 0 aliphatic carbocycles. The van der Waals surface area contributed by atoms with Crippen LogP contribution in [-0.2, 0) is 15.0 Å². The highest BCUT2D eigenvalue weighted by Gasteiger charge is 2.45. The number of carbonyl (C=O) groups excluding carboxylic acids is 2. The van der Waals surface area contributed by atoms with Gasteiger partial charge in [-0.15, -0.1) is 0 Å². The van der Waals surface area contributed by atoms with Crippen LogP contribution >= 0.6 is 0 Å². The minimum absolute atomic E-state index is 0.200. The molecule has 1 N–H and O–H groups in total. The average Bonchev–Trinajstić information content (AvgIpc) is 2.55. The lowest BCUT2D eigenvalue weighted by Crippen LogP contribution is -2.32. The summed E-state index contributed by atoms with van der Waals surface area (Å²) >= 11 is 0. The van der Waals surface area contributed by atoms with Gasteiger partial charge in [0.1, 0.15) is 11.5 Å². The van der Waals surface area contributed by atoms with E-state index in [2.05, 4.69) is 5.32 Å². The lowest BCUT2D eigenvalue weighted by atomic mass is 9.81. The molecule has 2 heterocycles. The van der Waals surface area contributed by atoms with Crippen LogP contribution in [0.2, 0.25) is 0 Å². The highest BCUT2D eigenvalue weighted by molar-refractivity contribution is 6.08. The predicted octanol–water partition coefficient (Wildman–Crippen LogP) is 1.20. The molecule has 1 saturated heterocycles. The number of aryl methyl sites for hydroxylation is 2. The number of hydrogen-bond acceptors (Lipinski definition) is 3. The van der Waals surface area contributed by atoms with Crippen molar-refractivity contribution in [1.82, 2.24) is 5.32 Å². The molecule has 0 bridgehead atoms. The number of furan rings is 1. The van der Waals surface area contributed by atoms with Crippen LogP contribution in [0.3, 0.4) is 0 Å². The lowest BCUT2D eigenvalue weighted by molar-refractivity contribution is -0.126. The summed E-state index contributed by atoms with van der Waals surface area (Å²) in [5.74, 6) is 1.01. The molecule has 1 aliphatic heterocycles. The fourth-order valence-electron chi connectivity index (χ4n) is 2.11. The second-order valence-electron chi connectivity index (χ2n) is 4.21. The second kappa shape index (κ2) is 2.95. The molecule has 1 unspecified atom stereocenters. The van der Waals surface area contributed by atoms with Gasteiger partial charge in [0.2, 0.25) is 11.8 Å². The number of hydrogen-bond donors (Lipinski definition) is 1. The Labute approximate surface area is 87.6 Å². The number of rotatable bonds is 1. The van der Waals surface area contributed by atoms with Crippen LogP contribution in [0.4, 0.5) is 0 Å². The smallest absolute Gasteiger partial charge is 0.237 e. The third-order valence-corrected chi connectivity index (χ3v) is 2.90. The van der Waals surface area contributed by atoms with Crippen molar-refractivity contribution in [3.8, 4) is 0 Å². The molecule has 80 valence electrons. The predicted molar refractivity (Wildman–Crippen MR) is 53.3 cm³/mol. The maximum atomic E-state index is 11.7. The summed E-state index contributed by atoms with van der Waals surface area (Å²) in [4.78, 5) is 22.9. The van der Waals surface area contributed by atoms with Crippen LogP contribution in [0, 0.1) is 13.8 Å². The first-order valence-electron chi connectivity index (χ1n) is 4.85. The standard InChI is InChI=1S/C11H13NO3/c1-6-4-8(7(2)15-6)11(3)5-9(13)12-10(11)14/h4H,5H2,1-3H3,(H,12,13,14). The molecule has 15 heavy (non-hydrogen) atoms. The molecule has 0 spiro atoms. The summed E-state index contributed by atoms with van der Waals surface area (Å²) in [6, 6.07) is 1.83. The molecule has 1 atom stereocenters. The molecule has 1 aromatic rings. The molecule has 0 radical (unpaired) electrons. The van der Waals surface area contributed by atoms with Gasteiger partial charge in [0.25, 0.3) is 0 Å². The van der Waals surface area contributed by atoms with Gasteiger partial charge >= 0.3 is 0 Å². The van der Waals surface area contributed by atoms with Crippen LogP contribution in [0.15, 0.2) is 10.5 Å². The summed E-state index contributed by atoms with van der Waals surface area (Å²) < 4.78 is 5.38. The van der Waals surface area contributed by atoms with Gasteiger partial charge in [-0.3, -0.25) is 14.9 Å². The monoisotopic (exact) mass is 207 g/mol. The van der Waals surface area contributed by atoms with E-state index in [-0.39, 0.29) is 18.2 Å². The Kier molecular flexibility index (Phi) is 1.96. The van der Waals surface area contributed by atoms with Gasteiger partial charge in [0, 0.05) is 12.0 Å². The summed E-state index contributed by atoms with van der Waals surface area (Å²) in [6.07, 6.45) is 0.200. The first-order valence-corrected chi connectivity index (χ1v) is 4.85. The van der Waals surface area contributed by atoms with E-state index < -0.39 is 5.41 Å². The van der Waals surface area contributed by atoms with Crippen molar-refractivity contribution in [1.29, 1.82) is 0 Å². The third kappa shape index (κ3) is 1.37. The Bertz CT molecular complexity index is 447. The Morgan fingerprint density at radius 1 is 1.40 bits per heavy atom. The first kappa shape index (κ1) is 9.96. The summed E-state index contributed by atoms with van der Waals surface area (Å²) in [7, 11) is 0. The second-order valence-corrected chi connectivity index (χ2v) is 4.21. The van der Waals surface area contributed by atoms with Crippen LogP contribution in [0.25, 0.3) is 0 Å². The van der Waals surface area contributed by atoms with Crippen molar-refractivity contribution in [3.63, 3.8) is 0 Å². The molecule has 0 saturated carbocycles. The van der Waals surface area contributed by atoms with Gasteiger partial charge in [0.05, 0.1) is 5.41 Å². The molecule has 2 amide bonds. The minimum Gasteiger partial charge on any atom is -0.466 e. The van der Waals surface area contributed by atoms with Gasteiger partial charge in [-0.25, -0.2) is 0 Å². The van der Waals surface area contributed by atoms with E-state index in [1.165, 1.54) is 0 Å². The van der Waals surface area contributed by atoms with Crippen molar-refractivity contribution < 1.29 is 14.0 Å². The molecular weight excluding hydrogens is 194 g/mol. The normalized spacial score (nSPS) is 25.8.